The topological polar surface area (TPSA) is 47.2 Å². The highest BCUT2D eigenvalue weighted by molar-refractivity contribution is 7.85. The first-order valence-electron chi connectivity index (χ1n) is 7.37. The quantitative estimate of drug-likeness (QED) is 0.662. The molecule has 3 aromatic rings. The number of para-hydroxylation sites is 1. The Morgan fingerprint density at radius 3 is 2.61 bits per heavy atom. The molecule has 0 aliphatic rings. The Labute approximate surface area is 142 Å². The molecule has 4 nitrogen and oxygen atoms in total. The van der Waals surface area contributed by atoms with Gasteiger partial charge in [0.15, 0.2) is 0 Å². The zero-order chi connectivity index (χ0) is 16.6. The highest BCUT2D eigenvalue weighted by Gasteiger charge is 2.20. The minimum atomic E-state index is -1.25. The van der Waals surface area contributed by atoms with Gasteiger partial charge < -0.3 is 0 Å². The van der Waals surface area contributed by atoms with Crippen LogP contribution in [0.1, 0.15) is 32.6 Å². The summed E-state index contributed by atoms with van der Waals surface area (Å²) in [5.41, 5.74) is 2.88. The number of rotatable bonds is 3. The molecule has 2 aromatic heterocycles. The maximum absolute atomic E-state index is 12.2. The van der Waals surface area contributed by atoms with Crippen molar-refractivity contribution in [3.05, 3.63) is 47.5 Å². The molecule has 0 amide bonds. The van der Waals surface area contributed by atoms with Gasteiger partial charge >= 0.3 is 0 Å². The molecular weight excluding hydrogens is 326 g/mol. The molecule has 0 unspecified atom stereocenters. The molecule has 0 saturated heterocycles. The third-order valence-corrected chi connectivity index (χ3v) is 6.01. The summed E-state index contributed by atoms with van der Waals surface area (Å²) >= 11 is 1.62. The summed E-state index contributed by atoms with van der Waals surface area (Å²) < 4.78 is 19.2. The molecule has 0 bridgehead atoms. The third kappa shape index (κ3) is 3.28. The van der Waals surface area contributed by atoms with Crippen molar-refractivity contribution in [2.24, 2.45) is 4.40 Å². The van der Waals surface area contributed by atoms with E-state index in [-0.39, 0.29) is 4.75 Å². The largest absolute Gasteiger partial charge is 0.234 e. The smallest absolute Gasteiger partial charge is 0.145 e. The maximum Gasteiger partial charge on any atom is 0.145 e. The summed E-state index contributed by atoms with van der Waals surface area (Å²) in [5, 5.41) is 4.45. The molecule has 0 radical (unpaired) electrons. The van der Waals surface area contributed by atoms with Crippen LogP contribution in [0, 0.1) is 0 Å². The number of aromatic nitrogens is 2. The number of benzene rings is 1. The van der Waals surface area contributed by atoms with Crippen LogP contribution in [0.15, 0.2) is 47.0 Å². The predicted octanol–water partition coefficient (Wildman–Crippen LogP) is 4.36. The van der Waals surface area contributed by atoms with Gasteiger partial charge in [0, 0.05) is 0 Å². The van der Waals surface area contributed by atoms with Crippen LogP contribution in [-0.2, 0) is 11.0 Å². The van der Waals surface area contributed by atoms with Gasteiger partial charge in [-0.2, -0.15) is 9.50 Å². The Morgan fingerprint density at radius 1 is 1.26 bits per heavy atom. The molecule has 0 N–H and O–H groups in total. The summed E-state index contributed by atoms with van der Waals surface area (Å²) in [6, 6.07) is 12.1. The van der Waals surface area contributed by atoms with Crippen molar-refractivity contribution in [3.8, 4) is 5.69 Å². The van der Waals surface area contributed by atoms with Crippen LogP contribution >= 0.6 is 11.3 Å². The highest BCUT2D eigenvalue weighted by Crippen LogP contribution is 2.28. The Balaban J connectivity index is 2.00. The van der Waals surface area contributed by atoms with Gasteiger partial charge in [0.2, 0.25) is 0 Å². The van der Waals surface area contributed by atoms with E-state index in [9.17, 15) is 4.21 Å². The number of nitrogens with zero attached hydrogens (tertiary/aromatic N) is 3. The molecule has 0 aliphatic heterocycles. The fraction of sp³-hybridized carbons (Fsp3) is 0.294. The Morgan fingerprint density at radius 2 is 1.96 bits per heavy atom. The Hall–Kier alpha value is -1.79. The van der Waals surface area contributed by atoms with Crippen molar-refractivity contribution < 1.29 is 4.21 Å². The van der Waals surface area contributed by atoms with Gasteiger partial charge in [-0.3, -0.25) is 0 Å². The number of thiophene rings is 1. The number of hydrogen-bond donors (Lipinski definition) is 0. The second-order valence-corrected chi connectivity index (χ2v) is 9.28. The standard InChI is InChI=1S/C17H19N3OS2/c1-12(19-23(21)17(2,3)4)15-10-14-16(22-15)11-18-20(14)13-8-6-5-7-9-13/h5-11H,1-4H3/b19-12+/t23-/m1/s1. The van der Waals surface area contributed by atoms with E-state index in [1.54, 1.807) is 11.3 Å². The molecule has 120 valence electrons. The van der Waals surface area contributed by atoms with E-state index in [1.165, 1.54) is 0 Å². The molecule has 0 aliphatic carbocycles. The average molecular weight is 345 g/mol. The first kappa shape index (κ1) is 16.1. The lowest BCUT2D eigenvalue weighted by molar-refractivity contribution is 0.650. The van der Waals surface area contributed by atoms with E-state index in [0.29, 0.717) is 0 Å². The van der Waals surface area contributed by atoms with E-state index in [2.05, 4.69) is 15.6 Å². The Bertz CT molecular complexity index is 886. The summed E-state index contributed by atoms with van der Waals surface area (Å²) in [6.45, 7) is 7.70. The first-order chi connectivity index (χ1) is 10.9. The molecule has 1 aromatic carbocycles. The lowest BCUT2D eigenvalue weighted by atomic mass is 10.3. The van der Waals surface area contributed by atoms with E-state index < -0.39 is 11.0 Å². The van der Waals surface area contributed by atoms with Crippen LogP contribution in [0.5, 0.6) is 0 Å². The first-order valence-corrected chi connectivity index (χ1v) is 9.29. The van der Waals surface area contributed by atoms with E-state index in [1.807, 2.05) is 68.9 Å². The van der Waals surface area contributed by atoms with Gasteiger partial charge in [0.1, 0.15) is 11.0 Å². The molecule has 0 fully saturated rings. The number of hydrogen-bond acceptors (Lipinski definition) is 3. The third-order valence-electron chi connectivity index (χ3n) is 3.36. The predicted molar refractivity (Wildman–Crippen MR) is 99.1 cm³/mol. The average Bonchev–Trinajstić information content (AvgIpc) is 3.07. The van der Waals surface area contributed by atoms with Crippen molar-refractivity contribution >= 4 is 38.3 Å². The monoisotopic (exact) mass is 345 g/mol. The molecule has 0 saturated carbocycles. The lowest BCUT2D eigenvalue weighted by Crippen LogP contribution is -2.20. The molecule has 6 heteroatoms. The minimum absolute atomic E-state index is 0.348. The van der Waals surface area contributed by atoms with Gasteiger partial charge in [-0.05, 0) is 45.9 Å². The maximum atomic E-state index is 12.2. The second-order valence-electron chi connectivity index (χ2n) is 6.29. The SMILES string of the molecule is C/C(=N\[S@](=O)C(C)(C)C)c1cc2c(cnn2-c2ccccc2)s1. The summed E-state index contributed by atoms with van der Waals surface area (Å²) in [4.78, 5) is 1.03. The van der Waals surface area contributed by atoms with E-state index in [4.69, 9.17) is 0 Å². The van der Waals surface area contributed by atoms with Crippen LogP contribution in [-0.4, -0.2) is 24.4 Å². The van der Waals surface area contributed by atoms with Gasteiger partial charge in [0.05, 0.1) is 37.4 Å². The van der Waals surface area contributed by atoms with Crippen LogP contribution in [0.25, 0.3) is 15.9 Å². The van der Waals surface area contributed by atoms with Crippen LogP contribution in [0.3, 0.4) is 0 Å². The minimum Gasteiger partial charge on any atom is -0.234 e. The van der Waals surface area contributed by atoms with E-state index >= 15 is 0 Å². The molecule has 1 atom stereocenters. The van der Waals surface area contributed by atoms with Crippen LogP contribution in [0.4, 0.5) is 0 Å². The molecular formula is C17H19N3OS2. The zero-order valence-corrected chi connectivity index (χ0v) is 15.2. The van der Waals surface area contributed by atoms with Crippen molar-refractivity contribution in [2.75, 3.05) is 0 Å². The van der Waals surface area contributed by atoms with Crippen molar-refractivity contribution in [3.63, 3.8) is 0 Å². The van der Waals surface area contributed by atoms with Gasteiger partial charge in [-0.1, -0.05) is 18.2 Å². The van der Waals surface area contributed by atoms with Gasteiger partial charge in [-0.15, -0.1) is 11.3 Å². The Kier molecular flexibility index (Phi) is 4.21. The summed E-state index contributed by atoms with van der Waals surface area (Å²) in [6.07, 6.45) is 1.87. The molecule has 23 heavy (non-hydrogen) atoms. The molecule has 3 rings (SSSR count). The van der Waals surface area contributed by atoms with Crippen molar-refractivity contribution in [2.45, 2.75) is 32.4 Å². The summed E-state index contributed by atoms with van der Waals surface area (Å²) in [5.74, 6) is 0. The fourth-order valence-electron chi connectivity index (χ4n) is 2.09. The normalized spacial score (nSPS) is 14.3. The van der Waals surface area contributed by atoms with Gasteiger partial charge in [0.25, 0.3) is 0 Å². The summed E-state index contributed by atoms with van der Waals surface area (Å²) in [7, 11) is -1.25. The molecule has 0 spiro atoms. The van der Waals surface area contributed by atoms with Crippen molar-refractivity contribution in [1.29, 1.82) is 0 Å². The van der Waals surface area contributed by atoms with Crippen LogP contribution < -0.4 is 0 Å². The van der Waals surface area contributed by atoms with Crippen LogP contribution in [0.2, 0.25) is 0 Å². The number of fused-ring (bicyclic) bond motifs is 1. The fourth-order valence-corrected chi connectivity index (χ4v) is 3.71. The molecule has 2 heterocycles. The lowest BCUT2D eigenvalue weighted by Gasteiger charge is -2.13. The highest BCUT2D eigenvalue weighted by atomic mass is 32.2. The van der Waals surface area contributed by atoms with Gasteiger partial charge in [-0.25, -0.2) is 8.89 Å². The zero-order valence-electron chi connectivity index (χ0n) is 13.6. The van der Waals surface area contributed by atoms with Crippen molar-refractivity contribution in [1.82, 2.24) is 9.78 Å². The van der Waals surface area contributed by atoms with E-state index in [0.717, 1.165) is 26.5 Å². The second kappa shape index (κ2) is 6.02.